The van der Waals surface area contributed by atoms with Crippen LogP contribution in [0.3, 0.4) is 0 Å². The molecule has 0 fully saturated rings. The van der Waals surface area contributed by atoms with Gasteiger partial charge in [0.1, 0.15) is 5.82 Å². The number of amides is 1. The normalized spacial score (nSPS) is 16.0. The van der Waals surface area contributed by atoms with Crippen molar-refractivity contribution in [3.05, 3.63) is 65.4 Å². The summed E-state index contributed by atoms with van der Waals surface area (Å²) in [6.07, 6.45) is 0. The van der Waals surface area contributed by atoms with E-state index in [1.807, 2.05) is 25.1 Å². The van der Waals surface area contributed by atoms with Gasteiger partial charge in [0.05, 0.1) is 26.9 Å². The van der Waals surface area contributed by atoms with Gasteiger partial charge in [-0.25, -0.2) is 4.98 Å². The highest BCUT2D eigenvalue weighted by atomic mass is 32.2. The summed E-state index contributed by atoms with van der Waals surface area (Å²) in [6.45, 7) is 8.30. The lowest BCUT2D eigenvalue weighted by atomic mass is 10.0. The van der Waals surface area contributed by atoms with Crippen molar-refractivity contribution in [2.24, 2.45) is 0 Å². The molecule has 5 rings (SSSR count). The first kappa shape index (κ1) is 21.0. The van der Waals surface area contributed by atoms with E-state index in [-0.39, 0.29) is 11.2 Å². The fourth-order valence-corrected chi connectivity index (χ4v) is 6.30. The average Bonchev–Trinajstić information content (AvgIpc) is 3.31. The van der Waals surface area contributed by atoms with E-state index >= 15 is 0 Å². The lowest BCUT2D eigenvalue weighted by Gasteiger charge is -2.22. The van der Waals surface area contributed by atoms with Crippen LogP contribution in [0.2, 0.25) is 0 Å². The third-order valence-electron chi connectivity index (χ3n) is 5.80. The molecule has 0 radical (unpaired) electrons. The van der Waals surface area contributed by atoms with Gasteiger partial charge in [-0.1, -0.05) is 35.6 Å². The third-order valence-corrected chi connectivity index (χ3v) is 8.08. The largest absolute Gasteiger partial charge is 0.372 e. The predicted molar refractivity (Wildman–Crippen MR) is 134 cm³/mol. The second-order valence-corrected chi connectivity index (χ2v) is 9.83. The van der Waals surface area contributed by atoms with Gasteiger partial charge in [0.15, 0.2) is 0 Å². The minimum atomic E-state index is -0.0132. The van der Waals surface area contributed by atoms with Crippen molar-refractivity contribution in [1.82, 2.24) is 14.8 Å². The topological polar surface area (TPSA) is 63.1 Å². The van der Waals surface area contributed by atoms with Gasteiger partial charge in [-0.2, -0.15) is 9.78 Å². The zero-order valence-corrected chi connectivity index (χ0v) is 20.0. The summed E-state index contributed by atoms with van der Waals surface area (Å²) >= 11 is 3.22. The number of fused-ring (bicyclic) bond motifs is 2. The minimum Gasteiger partial charge on any atom is -0.372 e. The summed E-state index contributed by atoms with van der Waals surface area (Å²) < 4.78 is 2.90. The van der Waals surface area contributed by atoms with E-state index in [1.54, 1.807) is 27.8 Å². The molecule has 1 amide bonds. The van der Waals surface area contributed by atoms with Crippen LogP contribution in [0, 0.1) is 6.92 Å². The number of aromatic nitrogens is 3. The van der Waals surface area contributed by atoms with Gasteiger partial charge in [0.2, 0.25) is 11.0 Å². The van der Waals surface area contributed by atoms with Gasteiger partial charge in [0.25, 0.3) is 0 Å². The monoisotopic (exact) mass is 463 g/mol. The molecule has 1 aliphatic heterocycles. The number of thiazole rings is 1. The highest BCUT2D eigenvalue weighted by Gasteiger charge is 2.31. The molecule has 0 unspecified atom stereocenters. The van der Waals surface area contributed by atoms with Crippen LogP contribution in [0.15, 0.2) is 48.5 Å². The Bertz CT molecular complexity index is 1240. The number of rotatable bonds is 5. The standard InChI is InChI=1S/C24H25N5OS2/c1-4-28(5-2)17-12-10-16(11-13-17)22-21-15(3)27-29(23(21)26-20(30)14-31-22)24-25-18-8-6-7-9-19(18)32-24/h6-13,22H,4-5,14H2,1-3H3,(H,26,30)/t22-/m0/s1. The van der Waals surface area contributed by atoms with Gasteiger partial charge >= 0.3 is 0 Å². The SMILES string of the molecule is CCN(CC)c1ccc([C@@H]2SCC(=O)Nc3c2c(C)nn3-c2nc3ccccc3s2)cc1. The second kappa shape index (κ2) is 8.60. The van der Waals surface area contributed by atoms with Gasteiger partial charge in [-0.15, -0.1) is 11.8 Å². The zero-order valence-electron chi connectivity index (χ0n) is 18.3. The zero-order chi connectivity index (χ0) is 22.2. The number of nitrogens with one attached hydrogen (secondary N) is 1. The molecule has 3 heterocycles. The average molecular weight is 464 g/mol. The van der Waals surface area contributed by atoms with Gasteiger partial charge in [-0.3, -0.25) is 4.79 Å². The smallest absolute Gasteiger partial charge is 0.235 e. The van der Waals surface area contributed by atoms with E-state index in [2.05, 4.69) is 54.4 Å². The molecule has 164 valence electrons. The number of benzene rings is 2. The summed E-state index contributed by atoms with van der Waals surface area (Å²) in [5.74, 6) is 1.12. The van der Waals surface area contributed by atoms with Crippen LogP contribution in [-0.4, -0.2) is 39.5 Å². The Morgan fingerprint density at radius 3 is 2.59 bits per heavy atom. The molecule has 2 aromatic carbocycles. The number of para-hydroxylation sites is 1. The summed E-state index contributed by atoms with van der Waals surface area (Å²) in [4.78, 5) is 19.7. The maximum atomic E-state index is 12.6. The van der Waals surface area contributed by atoms with Crippen molar-refractivity contribution >= 4 is 50.7 Å². The van der Waals surface area contributed by atoms with E-state index in [4.69, 9.17) is 10.1 Å². The highest BCUT2D eigenvalue weighted by Crippen LogP contribution is 2.44. The molecule has 6 nitrogen and oxygen atoms in total. The Kier molecular flexibility index (Phi) is 5.65. The predicted octanol–water partition coefficient (Wildman–Crippen LogP) is 5.41. The van der Waals surface area contributed by atoms with Crippen molar-refractivity contribution in [2.45, 2.75) is 26.0 Å². The number of anilines is 2. The van der Waals surface area contributed by atoms with Crippen LogP contribution in [0.1, 0.15) is 35.9 Å². The number of nitrogens with zero attached hydrogens (tertiary/aromatic N) is 4. The molecule has 0 saturated carbocycles. The fourth-order valence-electron chi connectivity index (χ4n) is 4.18. The number of thioether (sulfide) groups is 1. The second-order valence-electron chi connectivity index (χ2n) is 7.73. The fraction of sp³-hybridized carbons (Fsp3) is 0.292. The molecular weight excluding hydrogens is 438 g/mol. The van der Waals surface area contributed by atoms with Gasteiger partial charge in [0, 0.05) is 24.3 Å². The summed E-state index contributed by atoms with van der Waals surface area (Å²) in [5, 5.41) is 8.70. The van der Waals surface area contributed by atoms with Crippen molar-refractivity contribution in [1.29, 1.82) is 0 Å². The first-order valence-corrected chi connectivity index (χ1v) is 12.7. The van der Waals surface area contributed by atoms with E-state index in [9.17, 15) is 4.79 Å². The number of carbonyl (C=O) groups excluding carboxylic acids is 1. The molecule has 0 bridgehead atoms. The summed E-state index contributed by atoms with van der Waals surface area (Å²) in [5.41, 5.74) is 5.29. The van der Waals surface area contributed by atoms with Crippen molar-refractivity contribution < 1.29 is 4.79 Å². The number of aryl methyl sites for hydroxylation is 1. The Labute approximate surface area is 195 Å². The maximum absolute atomic E-state index is 12.6. The lowest BCUT2D eigenvalue weighted by Crippen LogP contribution is -2.21. The molecule has 32 heavy (non-hydrogen) atoms. The quantitative estimate of drug-likeness (QED) is 0.429. The van der Waals surface area contributed by atoms with Crippen LogP contribution in [0.25, 0.3) is 15.3 Å². The summed E-state index contributed by atoms with van der Waals surface area (Å²) in [7, 11) is 0. The Morgan fingerprint density at radius 2 is 1.88 bits per heavy atom. The van der Waals surface area contributed by atoms with Crippen LogP contribution in [0.5, 0.6) is 0 Å². The molecule has 2 aromatic heterocycles. The van der Waals surface area contributed by atoms with Crippen molar-refractivity contribution in [2.75, 3.05) is 29.1 Å². The molecular formula is C24H25N5OS2. The molecule has 1 N–H and O–H groups in total. The molecule has 4 aromatic rings. The first-order chi connectivity index (χ1) is 15.6. The molecule has 1 atom stereocenters. The number of hydrogen-bond donors (Lipinski definition) is 1. The van der Waals surface area contributed by atoms with Crippen molar-refractivity contribution in [3.8, 4) is 5.13 Å². The van der Waals surface area contributed by atoms with Crippen LogP contribution >= 0.6 is 23.1 Å². The Balaban J connectivity index is 1.59. The summed E-state index contributed by atoms with van der Waals surface area (Å²) in [6, 6.07) is 16.8. The molecule has 8 heteroatoms. The third kappa shape index (κ3) is 3.67. The maximum Gasteiger partial charge on any atom is 0.235 e. The number of hydrogen-bond acceptors (Lipinski definition) is 6. The minimum absolute atomic E-state index is 0.0132. The first-order valence-electron chi connectivity index (χ1n) is 10.8. The van der Waals surface area contributed by atoms with Crippen LogP contribution < -0.4 is 10.2 Å². The van der Waals surface area contributed by atoms with Crippen molar-refractivity contribution in [3.63, 3.8) is 0 Å². The lowest BCUT2D eigenvalue weighted by molar-refractivity contribution is -0.113. The van der Waals surface area contributed by atoms with E-state index in [0.29, 0.717) is 5.75 Å². The van der Waals surface area contributed by atoms with Gasteiger partial charge < -0.3 is 10.2 Å². The molecule has 0 saturated heterocycles. The van der Waals surface area contributed by atoms with E-state index in [1.165, 1.54) is 11.3 Å². The van der Waals surface area contributed by atoms with Gasteiger partial charge in [-0.05, 0) is 50.6 Å². The Morgan fingerprint density at radius 1 is 1.12 bits per heavy atom. The van der Waals surface area contributed by atoms with E-state index in [0.717, 1.165) is 45.5 Å². The Hall–Kier alpha value is -2.84. The highest BCUT2D eigenvalue weighted by molar-refractivity contribution is 8.00. The van der Waals surface area contributed by atoms with Crippen LogP contribution in [-0.2, 0) is 4.79 Å². The van der Waals surface area contributed by atoms with Crippen LogP contribution in [0.4, 0.5) is 11.5 Å². The molecule has 0 spiro atoms. The molecule has 0 aliphatic carbocycles. The van der Waals surface area contributed by atoms with E-state index < -0.39 is 0 Å². The molecule has 1 aliphatic rings. The number of carbonyl (C=O) groups is 1.